The molecule has 0 aliphatic carbocycles. The van der Waals surface area contributed by atoms with Crippen molar-refractivity contribution in [2.75, 3.05) is 5.32 Å². The van der Waals surface area contributed by atoms with Crippen LogP contribution in [0.5, 0.6) is 0 Å². The second-order valence-corrected chi connectivity index (χ2v) is 4.62. The van der Waals surface area contributed by atoms with Crippen molar-refractivity contribution in [3.8, 4) is 0 Å². The molecule has 0 aliphatic rings. The van der Waals surface area contributed by atoms with E-state index in [0.29, 0.717) is 27.8 Å². The number of hydrogen-bond donors (Lipinski definition) is 2. The van der Waals surface area contributed by atoms with Gasteiger partial charge < -0.3 is 5.32 Å². The maximum Gasteiger partial charge on any atom is 0.255 e. The molecule has 1 aromatic heterocycles. The average molecular weight is 280 g/mol. The van der Waals surface area contributed by atoms with Gasteiger partial charge in [0.2, 0.25) is 0 Å². The maximum atomic E-state index is 12.2. The Morgan fingerprint density at radius 3 is 2.62 bits per heavy atom. The van der Waals surface area contributed by atoms with Crippen molar-refractivity contribution in [3.63, 3.8) is 0 Å². The van der Waals surface area contributed by atoms with Gasteiger partial charge in [-0.05, 0) is 37.3 Å². The Bertz CT molecular complexity index is 838. The lowest BCUT2D eigenvalue weighted by atomic mass is 10.1. The number of fused-ring (bicyclic) bond motifs is 1. The Hall–Kier alpha value is -3.02. The van der Waals surface area contributed by atoms with Crippen LogP contribution < -0.4 is 5.32 Å². The summed E-state index contributed by atoms with van der Waals surface area (Å²) in [7, 11) is 0. The molecule has 1 amide bonds. The SMILES string of the molecule is CC(=O)c1cccc(NC(=O)c2ccc3n[nH]nc3c2)c1. The summed E-state index contributed by atoms with van der Waals surface area (Å²) in [5.41, 5.74) is 2.93. The summed E-state index contributed by atoms with van der Waals surface area (Å²) < 4.78 is 0. The number of hydrogen-bond acceptors (Lipinski definition) is 4. The number of Topliss-reactive ketones (excluding diaryl/α,β-unsaturated/α-hetero) is 1. The number of carbonyl (C=O) groups excluding carboxylic acids is 2. The van der Waals surface area contributed by atoms with Crippen LogP contribution in [0.3, 0.4) is 0 Å². The highest BCUT2D eigenvalue weighted by molar-refractivity contribution is 6.06. The van der Waals surface area contributed by atoms with Crippen LogP contribution in [0.4, 0.5) is 5.69 Å². The van der Waals surface area contributed by atoms with Crippen molar-refractivity contribution in [2.45, 2.75) is 6.92 Å². The van der Waals surface area contributed by atoms with Crippen LogP contribution in [0.15, 0.2) is 42.5 Å². The highest BCUT2D eigenvalue weighted by Gasteiger charge is 2.09. The molecule has 0 atom stereocenters. The monoisotopic (exact) mass is 280 g/mol. The van der Waals surface area contributed by atoms with Gasteiger partial charge in [-0.3, -0.25) is 9.59 Å². The fourth-order valence-corrected chi connectivity index (χ4v) is 2.00. The van der Waals surface area contributed by atoms with Crippen LogP contribution in [0.1, 0.15) is 27.6 Å². The first-order valence-electron chi connectivity index (χ1n) is 6.36. The lowest BCUT2D eigenvalue weighted by molar-refractivity contribution is 0.101. The van der Waals surface area contributed by atoms with Crippen molar-refractivity contribution in [1.82, 2.24) is 15.4 Å². The summed E-state index contributed by atoms with van der Waals surface area (Å²) in [6.07, 6.45) is 0. The maximum absolute atomic E-state index is 12.2. The van der Waals surface area contributed by atoms with Crippen LogP contribution in [0.25, 0.3) is 11.0 Å². The minimum absolute atomic E-state index is 0.0462. The molecule has 0 aliphatic heterocycles. The van der Waals surface area contributed by atoms with E-state index in [0.717, 1.165) is 0 Å². The average Bonchev–Trinajstić information content (AvgIpc) is 2.94. The second kappa shape index (κ2) is 5.16. The lowest BCUT2D eigenvalue weighted by Gasteiger charge is -2.06. The van der Waals surface area contributed by atoms with Gasteiger partial charge in [-0.1, -0.05) is 12.1 Å². The molecule has 2 aromatic carbocycles. The second-order valence-electron chi connectivity index (χ2n) is 4.62. The number of rotatable bonds is 3. The first-order chi connectivity index (χ1) is 10.1. The van der Waals surface area contributed by atoms with Gasteiger partial charge in [-0.25, -0.2) is 0 Å². The molecular weight excluding hydrogens is 268 g/mol. The van der Waals surface area contributed by atoms with Gasteiger partial charge in [-0.2, -0.15) is 15.4 Å². The molecular formula is C15H12N4O2. The predicted octanol–water partition coefficient (Wildman–Crippen LogP) is 2.41. The fourth-order valence-electron chi connectivity index (χ4n) is 2.00. The molecule has 0 saturated heterocycles. The molecule has 21 heavy (non-hydrogen) atoms. The normalized spacial score (nSPS) is 10.5. The molecule has 6 nitrogen and oxygen atoms in total. The molecule has 0 spiro atoms. The number of anilines is 1. The Morgan fingerprint density at radius 1 is 1.00 bits per heavy atom. The zero-order valence-corrected chi connectivity index (χ0v) is 11.3. The van der Waals surface area contributed by atoms with E-state index in [-0.39, 0.29) is 11.7 Å². The third-order valence-electron chi connectivity index (χ3n) is 3.11. The standard InChI is InChI=1S/C15H12N4O2/c1-9(20)10-3-2-4-12(7-10)16-15(21)11-5-6-13-14(8-11)18-19-17-13/h2-8H,1H3,(H,16,21)(H,17,18,19). The number of nitrogens with one attached hydrogen (secondary N) is 2. The van der Waals surface area contributed by atoms with Crippen LogP contribution in [0.2, 0.25) is 0 Å². The van der Waals surface area contributed by atoms with Crippen LogP contribution in [-0.2, 0) is 0 Å². The van der Waals surface area contributed by atoms with E-state index in [1.165, 1.54) is 6.92 Å². The molecule has 3 rings (SSSR count). The Kier molecular flexibility index (Phi) is 3.19. The topological polar surface area (TPSA) is 87.7 Å². The van der Waals surface area contributed by atoms with Gasteiger partial charge >= 0.3 is 0 Å². The molecule has 1 heterocycles. The summed E-state index contributed by atoms with van der Waals surface area (Å²) in [5.74, 6) is -0.310. The van der Waals surface area contributed by atoms with Crippen molar-refractivity contribution >= 4 is 28.4 Å². The molecule has 0 bridgehead atoms. The molecule has 0 fully saturated rings. The largest absolute Gasteiger partial charge is 0.322 e. The van der Waals surface area contributed by atoms with Gasteiger partial charge in [0.15, 0.2) is 5.78 Å². The Labute approximate surface area is 120 Å². The van der Waals surface area contributed by atoms with E-state index < -0.39 is 0 Å². The molecule has 6 heteroatoms. The molecule has 104 valence electrons. The van der Waals surface area contributed by atoms with Crippen molar-refractivity contribution in [2.24, 2.45) is 0 Å². The van der Waals surface area contributed by atoms with Crippen LogP contribution in [-0.4, -0.2) is 27.1 Å². The zero-order chi connectivity index (χ0) is 14.8. The molecule has 3 aromatic rings. The van der Waals surface area contributed by atoms with Crippen molar-refractivity contribution in [1.29, 1.82) is 0 Å². The quantitative estimate of drug-likeness (QED) is 0.721. The summed E-state index contributed by atoms with van der Waals surface area (Å²) in [6, 6.07) is 11.9. The third-order valence-corrected chi connectivity index (χ3v) is 3.11. The van der Waals surface area contributed by atoms with Gasteiger partial charge in [0.1, 0.15) is 11.0 Å². The first kappa shape index (κ1) is 13.0. The van der Waals surface area contributed by atoms with E-state index in [1.807, 2.05) is 0 Å². The zero-order valence-electron chi connectivity index (χ0n) is 11.3. The van der Waals surface area contributed by atoms with E-state index in [1.54, 1.807) is 42.5 Å². The van der Waals surface area contributed by atoms with Gasteiger partial charge in [0, 0.05) is 16.8 Å². The molecule has 0 saturated carbocycles. The minimum Gasteiger partial charge on any atom is -0.322 e. The number of amides is 1. The number of ketones is 1. The Balaban J connectivity index is 1.85. The van der Waals surface area contributed by atoms with Crippen molar-refractivity contribution in [3.05, 3.63) is 53.6 Å². The molecule has 0 unspecified atom stereocenters. The summed E-state index contributed by atoms with van der Waals surface area (Å²) >= 11 is 0. The number of nitrogens with zero attached hydrogens (tertiary/aromatic N) is 2. The first-order valence-corrected chi connectivity index (χ1v) is 6.36. The van der Waals surface area contributed by atoms with Crippen LogP contribution >= 0.6 is 0 Å². The summed E-state index contributed by atoms with van der Waals surface area (Å²) in [6.45, 7) is 1.49. The third kappa shape index (κ3) is 2.64. The minimum atomic E-state index is -0.263. The summed E-state index contributed by atoms with van der Waals surface area (Å²) in [5, 5.41) is 13.1. The van der Waals surface area contributed by atoms with E-state index in [2.05, 4.69) is 20.7 Å². The summed E-state index contributed by atoms with van der Waals surface area (Å²) in [4.78, 5) is 23.5. The number of aromatic amines is 1. The van der Waals surface area contributed by atoms with E-state index in [9.17, 15) is 9.59 Å². The van der Waals surface area contributed by atoms with Crippen LogP contribution in [0, 0.1) is 0 Å². The van der Waals surface area contributed by atoms with Gasteiger partial charge in [-0.15, -0.1) is 0 Å². The number of carbonyl (C=O) groups is 2. The fraction of sp³-hybridized carbons (Fsp3) is 0.0667. The van der Waals surface area contributed by atoms with Gasteiger partial charge in [0.25, 0.3) is 5.91 Å². The van der Waals surface area contributed by atoms with Gasteiger partial charge in [0.05, 0.1) is 0 Å². The lowest BCUT2D eigenvalue weighted by Crippen LogP contribution is -2.12. The highest BCUT2D eigenvalue weighted by Crippen LogP contribution is 2.15. The number of H-pyrrole nitrogens is 1. The predicted molar refractivity (Wildman–Crippen MR) is 78.3 cm³/mol. The van der Waals surface area contributed by atoms with Crippen molar-refractivity contribution < 1.29 is 9.59 Å². The number of benzene rings is 2. The molecule has 0 radical (unpaired) electrons. The molecule has 2 N–H and O–H groups in total. The number of aromatic nitrogens is 3. The smallest absolute Gasteiger partial charge is 0.255 e. The van der Waals surface area contributed by atoms with E-state index in [4.69, 9.17) is 0 Å². The highest BCUT2D eigenvalue weighted by atomic mass is 16.1. The Morgan fingerprint density at radius 2 is 1.81 bits per heavy atom. The van der Waals surface area contributed by atoms with E-state index >= 15 is 0 Å².